The minimum absolute atomic E-state index is 0.00583. The number of nitrogens with one attached hydrogen (secondary N) is 1. The van der Waals surface area contributed by atoms with E-state index in [1.165, 1.54) is 12.1 Å². The van der Waals surface area contributed by atoms with Crippen LogP contribution in [-0.2, 0) is 4.79 Å². The minimum Gasteiger partial charge on any atom is -0.350 e. The summed E-state index contributed by atoms with van der Waals surface area (Å²) in [5.41, 5.74) is 2.28. The highest BCUT2D eigenvalue weighted by Gasteiger charge is 2.35. The molecule has 0 saturated heterocycles. The molecule has 0 aromatic heterocycles. The lowest BCUT2D eigenvalue weighted by Crippen LogP contribution is -2.35. The van der Waals surface area contributed by atoms with Gasteiger partial charge in [0.05, 0.1) is 22.2 Å². The molecule has 0 saturated carbocycles. The smallest absolute Gasteiger partial charge is 0.261 e. The Kier molecular flexibility index (Phi) is 5.28. The Hall–Kier alpha value is -2.73. The Morgan fingerprint density at radius 1 is 1.15 bits per heavy atom. The predicted molar refractivity (Wildman–Crippen MR) is 99.1 cm³/mol. The van der Waals surface area contributed by atoms with Gasteiger partial charge in [-0.25, -0.2) is 4.39 Å². The van der Waals surface area contributed by atoms with E-state index in [4.69, 9.17) is 11.6 Å². The number of fused-ring (bicyclic) bond motifs is 1. The van der Waals surface area contributed by atoms with Crippen LogP contribution in [-0.4, -0.2) is 29.2 Å². The lowest BCUT2D eigenvalue weighted by molar-refractivity contribution is -0.121. The molecule has 0 fully saturated rings. The fraction of sp³-hybridized carbons (Fsp3) is 0.250. The highest BCUT2D eigenvalue weighted by molar-refractivity contribution is 6.30. The van der Waals surface area contributed by atoms with Crippen molar-refractivity contribution in [2.75, 3.05) is 6.54 Å². The summed E-state index contributed by atoms with van der Waals surface area (Å²) in [6, 6.07) is 8.92. The SMILES string of the molecule is Cc1ccc2c(c1)C(=O)N(CCC(=O)NC(C)c1ccc(F)c(Cl)c1)C2=O. The molecule has 1 atom stereocenters. The second-order valence-electron chi connectivity index (χ2n) is 6.52. The monoisotopic (exact) mass is 388 g/mol. The van der Waals surface area contributed by atoms with E-state index in [1.54, 1.807) is 31.2 Å². The van der Waals surface area contributed by atoms with Crippen molar-refractivity contribution in [3.63, 3.8) is 0 Å². The van der Waals surface area contributed by atoms with E-state index < -0.39 is 5.82 Å². The number of carbonyl (C=O) groups excluding carboxylic acids is 3. The quantitative estimate of drug-likeness (QED) is 0.795. The van der Waals surface area contributed by atoms with Gasteiger partial charge in [0.1, 0.15) is 5.82 Å². The number of rotatable bonds is 5. The summed E-state index contributed by atoms with van der Waals surface area (Å²) < 4.78 is 13.2. The summed E-state index contributed by atoms with van der Waals surface area (Å²) in [5, 5.41) is 2.74. The maximum Gasteiger partial charge on any atom is 0.261 e. The van der Waals surface area contributed by atoms with Crippen LogP contribution in [0.25, 0.3) is 0 Å². The van der Waals surface area contributed by atoms with Gasteiger partial charge in [-0.05, 0) is 43.7 Å². The van der Waals surface area contributed by atoms with Gasteiger partial charge in [0.15, 0.2) is 0 Å². The average molecular weight is 389 g/mol. The molecule has 1 aliphatic rings. The Balaban J connectivity index is 1.60. The molecule has 3 rings (SSSR count). The van der Waals surface area contributed by atoms with Crippen molar-refractivity contribution in [2.45, 2.75) is 26.3 Å². The Labute approximate surface area is 161 Å². The Morgan fingerprint density at radius 2 is 1.85 bits per heavy atom. The predicted octanol–water partition coefficient (Wildman–Crippen LogP) is 3.65. The second kappa shape index (κ2) is 7.48. The number of hydrogen-bond acceptors (Lipinski definition) is 3. The number of aryl methyl sites for hydroxylation is 1. The zero-order valence-electron chi connectivity index (χ0n) is 14.9. The van der Waals surface area contributed by atoms with Crippen LogP contribution in [0.3, 0.4) is 0 Å². The number of imide groups is 1. The van der Waals surface area contributed by atoms with Crippen LogP contribution in [0, 0.1) is 12.7 Å². The highest BCUT2D eigenvalue weighted by atomic mass is 35.5. The van der Waals surface area contributed by atoms with Gasteiger partial charge in [-0.3, -0.25) is 19.3 Å². The van der Waals surface area contributed by atoms with Gasteiger partial charge in [-0.2, -0.15) is 0 Å². The van der Waals surface area contributed by atoms with Crippen molar-refractivity contribution in [3.8, 4) is 0 Å². The third kappa shape index (κ3) is 3.85. The van der Waals surface area contributed by atoms with Crippen molar-refractivity contribution in [2.24, 2.45) is 0 Å². The zero-order chi connectivity index (χ0) is 19.7. The van der Waals surface area contributed by atoms with Crippen molar-refractivity contribution in [3.05, 3.63) is 69.5 Å². The van der Waals surface area contributed by atoms with E-state index in [1.807, 2.05) is 6.92 Å². The fourth-order valence-corrected chi connectivity index (χ4v) is 3.19. The third-order valence-corrected chi connectivity index (χ3v) is 4.80. The first-order chi connectivity index (χ1) is 12.8. The van der Waals surface area contributed by atoms with Crippen LogP contribution in [0.15, 0.2) is 36.4 Å². The van der Waals surface area contributed by atoms with Gasteiger partial charge >= 0.3 is 0 Å². The molecule has 2 aromatic carbocycles. The van der Waals surface area contributed by atoms with E-state index in [-0.39, 0.29) is 41.8 Å². The van der Waals surface area contributed by atoms with E-state index in [0.29, 0.717) is 16.7 Å². The molecule has 1 unspecified atom stereocenters. The molecule has 1 heterocycles. The van der Waals surface area contributed by atoms with Gasteiger partial charge < -0.3 is 5.32 Å². The normalized spacial score (nSPS) is 14.3. The molecular weight excluding hydrogens is 371 g/mol. The van der Waals surface area contributed by atoms with Crippen LogP contribution in [0.2, 0.25) is 5.02 Å². The van der Waals surface area contributed by atoms with Crippen LogP contribution in [0.1, 0.15) is 51.2 Å². The lowest BCUT2D eigenvalue weighted by Gasteiger charge is -2.17. The minimum atomic E-state index is -0.528. The van der Waals surface area contributed by atoms with Gasteiger partial charge in [0.25, 0.3) is 11.8 Å². The number of nitrogens with zero attached hydrogens (tertiary/aromatic N) is 1. The molecule has 1 aliphatic heterocycles. The summed E-state index contributed by atoms with van der Waals surface area (Å²) in [4.78, 5) is 38.1. The number of hydrogen-bond donors (Lipinski definition) is 1. The molecule has 0 bridgehead atoms. The summed E-state index contributed by atoms with van der Waals surface area (Å²) in [6.45, 7) is 3.58. The summed E-state index contributed by atoms with van der Waals surface area (Å²) in [6.07, 6.45) is -0.0241. The van der Waals surface area contributed by atoms with Crippen molar-refractivity contribution in [1.29, 1.82) is 0 Å². The molecule has 7 heteroatoms. The standard InChI is InChI=1S/C20H18ClFN2O3/c1-11-3-5-14-15(9-11)20(27)24(19(14)26)8-7-18(25)23-12(2)13-4-6-17(22)16(21)10-13/h3-6,9-10,12H,7-8H2,1-2H3,(H,23,25). The van der Waals surface area contributed by atoms with Gasteiger partial charge in [0.2, 0.25) is 5.91 Å². The fourth-order valence-electron chi connectivity index (χ4n) is 3.00. The van der Waals surface area contributed by atoms with E-state index >= 15 is 0 Å². The number of halogens is 2. The number of carbonyl (C=O) groups is 3. The lowest BCUT2D eigenvalue weighted by atomic mass is 10.1. The second-order valence-corrected chi connectivity index (χ2v) is 6.93. The molecule has 2 aromatic rings. The topological polar surface area (TPSA) is 66.5 Å². The first-order valence-electron chi connectivity index (χ1n) is 8.49. The summed E-state index contributed by atoms with van der Waals surface area (Å²) in [7, 11) is 0. The van der Waals surface area contributed by atoms with Gasteiger partial charge in [0, 0.05) is 13.0 Å². The molecule has 5 nitrogen and oxygen atoms in total. The molecule has 1 N–H and O–H groups in total. The third-order valence-electron chi connectivity index (χ3n) is 4.51. The molecule has 0 spiro atoms. The van der Waals surface area contributed by atoms with Gasteiger partial charge in [-0.15, -0.1) is 0 Å². The molecule has 27 heavy (non-hydrogen) atoms. The molecule has 0 aliphatic carbocycles. The Morgan fingerprint density at radius 3 is 2.56 bits per heavy atom. The van der Waals surface area contributed by atoms with Crippen molar-refractivity contribution < 1.29 is 18.8 Å². The summed E-state index contributed by atoms with van der Waals surface area (Å²) >= 11 is 5.76. The van der Waals surface area contributed by atoms with Crippen molar-refractivity contribution >= 4 is 29.3 Å². The molecular formula is C20H18ClFN2O3. The van der Waals surface area contributed by atoms with E-state index in [2.05, 4.69) is 5.32 Å². The first-order valence-corrected chi connectivity index (χ1v) is 8.87. The largest absolute Gasteiger partial charge is 0.350 e. The van der Waals surface area contributed by atoms with Crippen LogP contribution < -0.4 is 5.32 Å². The van der Waals surface area contributed by atoms with Crippen molar-refractivity contribution in [1.82, 2.24) is 10.2 Å². The van der Waals surface area contributed by atoms with E-state index in [9.17, 15) is 18.8 Å². The summed E-state index contributed by atoms with van der Waals surface area (Å²) in [5.74, 6) is -1.62. The number of benzene rings is 2. The highest BCUT2D eigenvalue weighted by Crippen LogP contribution is 2.24. The molecule has 3 amide bonds. The Bertz CT molecular complexity index is 945. The van der Waals surface area contributed by atoms with Crippen LogP contribution >= 0.6 is 11.6 Å². The molecule has 0 radical (unpaired) electrons. The maximum atomic E-state index is 13.2. The average Bonchev–Trinajstić information content (AvgIpc) is 2.85. The maximum absolute atomic E-state index is 13.2. The first kappa shape index (κ1) is 19.0. The molecule has 140 valence electrons. The zero-order valence-corrected chi connectivity index (χ0v) is 15.6. The van der Waals surface area contributed by atoms with Gasteiger partial charge in [-0.1, -0.05) is 29.3 Å². The van der Waals surface area contributed by atoms with Crippen LogP contribution in [0.4, 0.5) is 4.39 Å². The van der Waals surface area contributed by atoms with Crippen LogP contribution in [0.5, 0.6) is 0 Å². The number of amides is 3. The van der Waals surface area contributed by atoms with E-state index in [0.717, 1.165) is 10.5 Å².